The number of imidazole rings is 1. The Kier molecular flexibility index (Phi) is 4.39. The lowest BCUT2D eigenvalue weighted by molar-refractivity contribution is 0.0731. The molecule has 1 amide bonds. The van der Waals surface area contributed by atoms with E-state index in [1.54, 1.807) is 18.2 Å². The zero-order valence-corrected chi connectivity index (χ0v) is 14.9. The van der Waals surface area contributed by atoms with Crippen LogP contribution in [0.4, 0.5) is 0 Å². The molecule has 0 radical (unpaired) electrons. The molecule has 1 aliphatic rings. The summed E-state index contributed by atoms with van der Waals surface area (Å²) in [5, 5.41) is 0.852. The van der Waals surface area contributed by atoms with Gasteiger partial charge in [-0.2, -0.15) is 0 Å². The highest BCUT2D eigenvalue weighted by Crippen LogP contribution is 2.26. The Morgan fingerprint density at radius 1 is 1.26 bits per heavy atom. The molecule has 0 fully saturated rings. The van der Waals surface area contributed by atoms with Crippen LogP contribution in [0.25, 0.3) is 0 Å². The molecule has 0 aliphatic carbocycles. The first-order chi connectivity index (χ1) is 10.9. The van der Waals surface area contributed by atoms with E-state index in [-0.39, 0.29) is 5.91 Å². The average Bonchev–Trinajstić information content (AvgIpc) is 2.86. The third-order valence-corrected chi connectivity index (χ3v) is 5.00. The van der Waals surface area contributed by atoms with Crippen molar-refractivity contribution in [2.75, 3.05) is 6.54 Å². The van der Waals surface area contributed by atoms with Gasteiger partial charge in [-0.25, -0.2) is 4.98 Å². The van der Waals surface area contributed by atoms with Crippen LogP contribution in [0.3, 0.4) is 0 Å². The first kappa shape index (κ1) is 16.3. The first-order valence-corrected chi connectivity index (χ1v) is 8.42. The van der Waals surface area contributed by atoms with E-state index in [2.05, 4.69) is 25.5 Å². The number of hydrogen-bond acceptors (Lipinski definition) is 2. The van der Waals surface area contributed by atoms with E-state index in [9.17, 15) is 4.79 Å². The maximum atomic E-state index is 12.7. The van der Waals surface area contributed by atoms with Crippen molar-refractivity contribution in [1.82, 2.24) is 14.5 Å². The minimum absolute atomic E-state index is 0.0361. The lowest BCUT2D eigenvalue weighted by Gasteiger charge is -2.27. The zero-order chi connectivity index (χ0) is 16.7. The van der Waals surface area contributed by atoms with E-state index in [0.29, 0.717) is 34.6 Å². The molecule has 0 saturated carbocycles. The van der Waals surface area contributed by atoms with Gasteiger partial charge in [-0.3, -0.25) is 4.79 Å². The Labute approximate surface area is 146 Å². The van der Waals surface area contributed by atoms with Gasteiger partial charge in [0, 0.05) is 37.2 Å². The van der Waals surface area contributed by atoms with Crippen molar-refractivity contribution in [1.29, 1.82) is 0 Å². The van der Waals surface area contributed by atoms with Crippen LogP contribution in [0.2, 0.25) is 10.0 Å². The number of carbonyl (C=O) groups is 1. The predicted octanol–water partition coefficient (Wildman–Crippen LogP) is 4.05. The number of aromatic nitrogens is 2. The van der Waals surface area contributed by atoms with Gasteiger partial charge in [-0.05, 0) is 18.2 Å². The lowest BCUT2D eigenvalue weighted by atomic mass is 10.1. The summed E-state index contributed by atoms with van der Waals surface area (Å²) in [7, 11) is 2.05. The maximum Gasteiger partial charge on any atom is 0.254 e. The summed E-state index contributed by atoms with van der Waals surface area (Å²) in [5.41, 5.74) is 2.78. The molecular formula is C17H19Cl2N3O. The van der Waals surface area contributed by atoms with Gasteiger partial charge in [-0.1, -0.05) is 37.0 Å². The van der Waals surface area contributed by atoms with Gasteiger partial charge in [0.25, 0.3) is 5.91 Å². The Morgan fingerprint density at radius 3 is 2.65 bits per heavy atom. The Balaban J connectivity index is 1.85. The fourth-order valence-corrected chi connectivity index (χ4v) is 3.35. The second-order valence-electron chi connectivity index (χ2n) is 6.18. The summed E-state index contributed by atoms with van der Waals surface area (Å²) in [6, 6.07) is 4.99. The highest BCUT2D eigenvalue weighted by atomic mass is 35.5. The van der Waals surface area contributed by atoms with E-state index in [1.807, 2.05) is 4.90 Å². The molecule has 0 unspecified atom stereocenters. The topological polar surface area (TPSA) is 38.1 Å². The number of amides is 1. The molecule has 0 N–H and O–H groups in total. The molecule has 0 bridgehead atoms. The normalized spacial score (nSPS) is 14.3. The molecule has 0 atom stereocenters. The minimum atomic E-state index is -0.0361. The number of nitrogens with zero attached hydrogens (tertiary/aromatic N) is 3. The predicted molar refractivity (Wildman–Crippen MR) is 92.2 cm³/mol. The number of halogens is 2. The van der Waals surface area contributed by atoms with Gasteiger partial charge < -0.3 is 9.47 Å². The highest BCUT2D eigenvalue weighted by Gasteiger charge is 2.27. The van der Waals surface area contributed by atoms with Crippen LogP contribution in [0.15, 0.2) is 18.2 Å². The van der Waals surface area contributed by atoms with Crippen molar-refractivity contribution in [3.63, 3.8) is 0 Å². The van der Waals surface area contributed by atoms with Crippen molar-refractivity contribution in [2.45, 2.75) is 32.7 Å². The minimum Gasteiger partial charge on any atom is -0.334 e. The monoisotopic (exact) mass is 351 g/mol. The van der Waals surface area contributed by atoms with Crippen molar-refractivity contribution in [3.05, 3.63) is 51.0 Å². The third-order valence-electron chi connectivity index (χ3n) is 4.26. The largest absolute Gasteiger partial charge is 0.334 e. The van der Waals surface area contributed by atoms with Crippen molar-refractivity contribution in [2.24, 2.45) is 7.05 Å². The summed E-state index contributed by atoms with van der Waals surface area (Å²) in [5.74, 6) is 1.40. The van der Waals surface area contributed by atoms with E-state index in [0.717, 1.165) is 17.9 Å². The molecule has 1 aliphatic heterocycles. The van der Waals surface area contributed by atoms with Crippen LogP contribution in [-0.2, 0) is 20.0 Å². The van der Waals surface area contributed by atoms with Gasteiger partial charge in [0.1, 0.15) is 5.82 Å². The van der Waals surface area contributed by atoms with Crippen LogP contribution < -0.4 is 0 Å². The van der Waals surface area contributed by atoms with E-state index < -0.39 is 0 Å². The van der Waals surface area contributed by atoms with E-state index in [4.69, 9.17) is 28.2 Å². The molecule has 2 heterocycles. The molecule has 23 heavy (non-hydrogen) atoms. The van der Waals surface area contributed by atoms with Crippen molar-refractivity contribution < 1.29 is 4.79 Å². The van der Waals surface area contributed by atoms with Crippen molar-refractivity contribution in [3.8, 4) is 0 Å². The van der Waals surface area contributed by atoms with Crippen LogP contribution in [0, 0.1) is 0 Å². The number of rotatable bonds is 2. The SMILES string of the molecule is CC(C)c1nc2c(n1C)CCN(C(=O)c1ccc(Cl)c(Cl)c1)C2. The molecule has 6 heteroatoms. The molecule has 4 nitrogen and oxygen atoms in total. The van der Waals surface area contributed by atoms with E-state index >= 15 is 0 Å². The second kappa shape index (κ2) is 6.17. The van der Waals surface area contributed by atoms with Crippen LogP contribution in [0.1, 0.15) is 47.3 Å². The molecule has 0 saturated heterocycles. The summed E-state index contributed by atoms with van der Waals surface area (Å²) < 4.78 is 2.17. The number of carbonyl (C=O) groups excluding carboxylic acids is 1. The molecule has 3 rings (SSSR count). The summed E-state index contributed by atoms with van der Waals surface area (Å²) in [4.78, 5) is 19.2. The summed E-state index contributed by atoms with van der Waals surface area (Å²) in [6.07, 6.45) is 0.818. The van der Waals surface area contributed by atoms with Crippen LogP contribution >= 0.6 is 23.2 Å². The summed E-state index contributed by atoms with van der Waals surface area (Å²) >= 11 is 11.9. The molecule has 122 valence electrons. The first-order valence-electron chi connectivity index (χ1n) is 7.67. The van der Waals surface area contributed by atoms with Gasteiger partial charge in [0.05, 0.1) is 22.3 Å². The molecule has 0 spiro atoms. The van der Waals surface area contributed by atoms with Crippen LogP contribution in [0.5, 0.6) is 0 Å². The number of hydrogen-bond donors (Lipinski definition) is 0. The molecule has 1 aromatic carbocycles. The zero-order valence-electron chi connectivity index (χ0n) is 13.4. The lowest BCUT2D eigenvalue weighted by Crippen LogP contribution is -2.36. The number of benzene rings is 1. The molecule has 1 aromatic heterocycles. The summed E-state index contributed by atoms with van der Waals surface area (Å²) in [6.45, 7) is 5.48. The smallest absolute Gasteiger partial charge is 0.254 e. The van der Waals surface area contributed by atoms with Gasteiger partial charge in [0.2, 0.25) is 0 Å². The fraction of sp³-hybridized carbons (Fsp3) is 0.412. The maximum absolute atomic E-state index is 12.7. The van der Waals surface area contributed by atoms with Gasteiger partial charge in [0.15, 0.2) is 0 Å². The Bertz CT molecular complexity index is 767. The fourth-order valence-electron chi connectivity index (χ4n) is 3.05. The van der Waals surface area contributed by atoms with Gasteiger partial charge >= 0.3 is 0 Å². The standard InChI is InChI=1S/C17H19Cl2N3O/c1-10(2)16-20-14-9-22(7-6-15(14)21(16)3)17(23)11-4-5-12(18)13(19)8-11/h4-5,8,10H,6-7,9H2,1-3H3. The molecule has 2 aromatic rings. The average molecular weight is 352 g/mol. The Hall–Kier alpha value is -1.52. The number of fused-ring (bicyclic) bond motifs is 1. The van der Waals surface area contributed by atoms with Crippen LogP contribution in [-0.4, -0.2) is 26.9 Å². The molecular weight excluding hydrogens is 333 g/mol. The van der Waals surface area contributed by atoms with E-state index in [1.165, 1.54) is 5.69 Å². The Morgan fingerprint density at radius 2 is 2.00 bits per heavy atom. The van der Waals surface area contributed by atoms with Gasteiger partial charge in [-0.15, -0.1) is 0 Å². The highest BCUT2D eigenvalue weighted by molar-refractivity contribution is 6.42. The van der Waals surface area contributed by atoms with Crippen molar-refractivity contribution >= 4 is 29.1 Å². The third kappa shape index (κ3) is 2.98. The quantitative estimate of drug-likeness (QED) is 0.818. The second-order valence-corrected chi connectivity index (χ2v) is 7.00.